The van der Waals surface area contributed by atoms with Crippen LogP contribution in [0.25, 0.3) is 0 Å². The van der Waals surface area contributed by atoms with Crippen LogP contribution in [0.4, 0.5) is 16.6 Å². The molecular formula is C9H9N5OS. The number of ketones is 1. The molecule has 0 aromatic carbocycles. The first-order valence-corrected chi connectivity index (χ1v) is 5.27. The van der Waals surface area contributed by atoms with E-state index in [0.29, 0.717) is 15.7 Å². The molecule has 2 heterocycles. The molecule has 0 aliphatic heterocycles. The number of hydrogen-bond donors (Lipinski definition) is 2. The number of rotatable bonds is 3. The first-order chi connectivity index (χ1) is 7.66. The van der Waals surface area contributed by atoms with Crippen molar-refractivity contribution in [2.75, 3.05) is 11.1 Å². The van der Waals surface area contributed by atoms with E-state index in [1.54, 1.807) is 12.4 Å². The highest BCUT2D eigenvalue weighted by atomic mass is 32.1. The maximum absolute atomic E-state index is 11.2. The maximum atomic E-state index is 11.2. The molecule has 0 unspecified atom stereocenters. The predicted octanol–water partition coefficient (Wildman–Crippen LogP) is 1.46. The average Bonchev–Trinajstić information content (AvgIpc) is 2.61. The van der Waals surface area contributed by atoms with Gasteiger partial charge in [-0.15, -0.1) is 0 Å². The van der Waals surface area contributed by atoms with Crippen molar-refractivity contribution >= 4 is 33.8 Å². The average molecular weight is 235 g/mol. The lowest BCUT2D eigenvalue weighted by Crippen LogP contribution is -1.95. The molecule has 3 N–H and O–H groups in total. The number of nitrogen functional groups attached to an aromatic ring is 1. The molecule has 2 aromatic heterocycles. The van der Waals surface area contributed by atoms with Gasteiger partial charge < -0.3 is 11.1 Å². The summed E-state index contributed by atoms with van der Waals surface area (Å²) in [6.07, 6.45) is 4.65. The molecule has 0 amide bonds. The molecule has 0 atom stereocenters. The first-order valence-electron chi connectivity index (χ1n) is 4.46. The zero-order chi connectivity index (χ0) is 11.5. The van der Waals surface area contributed by atoms with Crippen molar-refractivity contribution in [3.05, 3.63) is 23.6 Å². The highest BCUT2D eigenvalue weighted by Crippen LogP contribution is 2.27. The molecule has 0 aliphatic rings. The third-order valence-electron chi connectivity index (χ3n) is 1.78. The summed E-state index contributed by atoms with van der Waals surface area (Å²) in [6.45, 7) is 1.46. The van der Waals surface area contributed by atoms with E-state index in [9.17, 15) is 4.79 Å². The van der Waals surface area contributed by atoms with Crippen LogP contribution in [0.15, 0.2) is 18.7 Å². The van der Waals surface area contributed by atoms with Gasteiger partial charge in [-0.2, -0.15) is 0 Å². The molecule has 2 rings (SSSR count). The van der Waals surface area contributed by atoms with Crippen LogP contribution >= 0.6 is 11.3 Å². The van der Waals surface area contributed by atoms with Crippen LogP contribution in [-0.4, -0.2) is 20.7 Å². The van der Waals surface area contributed by atoms with Gasteiger partial charge in [0, 0.05) is 6.92 Å². The van der Waals surface area contributed by atoms with Gasteiger partial charge in [0.15, 0.2) is 10.9 Å². The zero-order valence-electron chi connectivity index (χ0n) is 8.47. The molecule has 82 valence electrons. The van der Waals surface area contributed by atoms with E-state index in [0.717, 1.165) is 0 Å². The summed E-state index contributed by atoms with van der Waals surface area (Å²) in [5, 5.41) is 3.52. The summed E-state index contributed by atoms with van der Waals surface area (Å²) < 4.78 is 0. The van der Waals surface area contributed by atoms with Crippen molar-refractivity contribution in [1.82, 2.24) is 15.0 Å². The minimum atomic E-state index is -0.0904. The van der Waals surface area contributed by atoms with Gasteiger partial charge in [-0.25, -0.2) is 15.0 Å². The second-order valence-electron chi connectivity index (χ2n) is 3.04. The molecule has 6 nitrogen and oxygen atoms in total. The van der Waals surface area contributed by atoms with Crippen LogP contribution < -0.4 is 11.1 Å². The number of Topliss-reactive ketones (excluding diaryl/α,β-unsaturated/α-hetero) is 1. The van der Waals surface area contributed by atoms with Gasteiger partial charge in [0.25, 0.3) is 0 Å². The Labute approximate surface area is 95.6 Å². The molecular weight excluding hydrogens is 226 g/mol. The Morgan fingerprint density at radius 1 is 1.44 bits per heavy atom. The summed E-state index contributed by atoms with van der Waals surface area (Å²) in [5.74, 6) is 0.157. The van der Waals surface area contributed by atoms with Crippen LogP contribution in [0, 0.1) is 0 Å². The van der Waals surface area contributed by atoms with E-state index < -0.39 is 0 Å². The molecule has 0 saturated heterocycles. The summed E-state index contributed by atoms with van der Waals surface area (Å²) in [5.41, 5.74) is 6.30. The summed E-state index contributed by atoms with van der Waals surface area (Å²) in [6, 6.07) is 0. The SMILES string of the molecule is CC(=O)c1sc(Nc2cncnc2)nc1N. The predicted molar refractivity (Wildman–Crippen MR) is 61.8 cm³/mol. The number of anilines is 3. The maximum Gasteiger partial charge on any atom is 0.189 e. The Hall–Kier alpha value is -2.02. The van der Waals surface area contributed by atoms with E-state index in [-0.39, 0.29) is 11.6 Å². The van der Waals surface area contributed by atoms with Crippen molar-refractivity contribution in [2.45, 2.75) is 6.92 Å². The number of carbonyl (C=O) groups excluding carboxylic acids is 1. The third-order valence-corrected chi connectivity index (χ3v) is 2.87. The van der Waals surface area contributed by atoms with Crippen LogP contribution in [0.3, 0.4) is 0 Å². The number of nitrogens with two attached hydrogens (primary N) is 1. The Kier molecular flexibility index (Phi) is 2.78. The Morgan fingerprint density at radius 2 is 2.12 bits per heavy atom. The number of thiazole rings is 1. The van der Waals surface area contributed by atoms with Gasteiger partial charge in [-0.3, -0.25) is 4.79 Å². The van der Waals surface area contributed by atoms with E-state index in [2.05, 4.69) is 20.3 Å². The van der Waals surface area contributed by atoms with Crippen LogP contribution in [-0.2, 0) is 0 Å². The van der Waals surface area contributed by atoms with Gasteiger partial charge in [0.2, 0.25) is 0 Å². The standard InChI is InChI=1S/C9H9N5OS/c1-5(15)7-8(10)14-9(16-7)13-6-2-11-4-12-3-6/h2-4H,10H2,1H3,(H,13,14). The largest absolute Gasteiger partial charge is 0.382 e. The fraction of sp³-hybridized carbons (Fsp3) is 0.111. The van der Waals surface area contributed by atoms with Crippen molar-refractivity contribution in [2.24, 2.45) is 0 Å². The molecule has 16 heavy (non-hydrogen) atoms. The van der Waals surface area contributed by atoms with E-state index in [1.807, 2.05) is 0 Å². The molecule has 2 aromatic rings. The normalized spacial score (nSPS) is 10.1. The highest BCUT2D eigenvalue weighted by molar-refractivity contribution is 7.18. The van der Waals surface area contributed by atoms with Crippen LogP contribution in [0.2, 0.25) is 0 Å². The fourth-order valence-electron chi connectivity index (χ4n) is 1.12. The minimum Gasteiger partial charge on any atom is -0.382 e. The first kappa shape index (κ1) is 10.5. The number of hydrogen-bond acceptors (Lipinski definition) is 7. The summed E-state index contributed by atoms with van der Waals surface area (Å²) in [7, 11) is 0. The summed E-state index contributed by atoms with van der Waals surface area (Å²) in [4.78, 5) is 23.4. The second kappa shape index (κ2) is 4.23. The Balaban J connectivity index is 2.23. The lowest BCUT2D eigenvalue weighted by atomic mass is 10.4. The van der Waals surface area contributed by atoms with Crippen LogP contribution in [0.1, 0.15) is 16.6 Å². The van der Waals surface area contributed by atoms with Crippen molar-refractivity contribution in [3.8, 4) is 0 Å². The molecule has 0 radical (unpaired) electrons. The van der Waals surface area contributed by atoms with Gasteiger partial charge in [-0.05, 0) is 0 Å². The quantitative estimate of drug-likeness (QED) is 0.782. The van der Waals surface area contributed by atoms with Crippen LogP contribution in [0.5, 0.6) is 0 Å². The molecule has 0 spiro atoms. The Bertz CT molecular complexity index is 510. The van der Waals surface area contributed by atoms with Crippen molar-refractivity contribution in [3.63, 3.8) is 0 Å². The minimum absolute atomic E-state index is 0.0904. The number of aromatic nitrogens is 3. The highest BCUT2D eigenvalue weighted by Gasteiger charge is 2.12. The lowest BCUT2D eigenvalue weighted by Gasteiger charge is -1.98. The van der Waals surface area contributed by atoms with E-state index in [1.165, 1.54) is 24.6 Å². The van der Waals surface area contributed by atoms with Gasteiger partial charge in [-0.1, -0.05) is 11.3 Å². The lowest BCUT2D eigenvalue weighted by molar-refractivity contribution is 0.102. The molecule has 0 bridgehead atoms. The summed E-state index contributed by atoms with van der Waals surface area (Å²) >= 11 is 1.21. The number of nitrogens with zero attached hydrogens (tertiary/aromatic N) is 3. The van der Waals surface area contributed by atoms with Gasteiger partial charge in [0.1, 0.15) is 17.0 Å². The molecule has 0 saturated carbocycles. The molecule has 0 aliphatic carbocycles. The van der Waals surface area contributed by atoms with E-state index in [4.69, 9.17) is 5.73 Å². The fourth-order valence-corrected chi connectivity index (χ4v) is 1.92. The van der Waals surface area contributed by atoms with Gasteiger partial charge >= 0.3 is 0 Å². The monoisotopic (exact) mass is 235 g/mol. The molecule has 0 fully saturated rings. The second-order valence-corrected chi connectivity index (χ2v) is 4.04. The van der Waals surface area contributed by atoms with Crippen molar-refractivity contribution < 1.29 is 4.79 Å². The Morgan fingerprint density at radius 3 is 2.69 bits per heavy atom. The molecule has 7 heteroatoms. The number of carbonyl (C=O) groups is 1. The van der Waals surface area contributed by atoms with Gasteiger partial charge in [0.05, 0.1) is 18.1 Å². The third kappa shape index (κ3) is 2.14. The number of nitrogens with one attached hydrogen (secondary N) is 1. The van der Waals surface area contributed by atoms with Crippen molar-refractivity contribution in [1.29, 1.82) is 0 Å². The zero-order valence-corrected chi connectivity index (χ0v) is 9.28. The van der Waals surface area contributed by atoms with E-state index >= 15 is 0 Å². The topological polar surface area (TPSA) is 93.8 Å². The smallest absolute Gasteiger partial charge is 0.189 e.